The summed E-state index contributed by atoms with van der Waals surface area (Å²) in [7, 11) is 0. The van der Waals surface area contributed by atoms with Crippen molar-refractivity contribution in [1.82, 2.24) is 4.98 Å². The zero-order valence-electron chi connectivity index (χ0n) is 4.89. The van der Waals surface area contributed by atoms with Gasteiger partial charge in [-0.15, -0.1) is 0 Å². The molecule has 0 unspecified atom stereocenters. The number of nitrogens with zero attached hydrogens (tertiary/aromatic N) is 1. The molecule has 0 spiro atoms. The van der Waals surface area contributed by atoms with Gasteiger partial charge in [0.15, 0.2) is 0 Å². The zero-order valence-corrected chi connectivity index (χ0v) is 5.64. The van der Waals surface area contributed by atoms with E-state index in [-0.39, 0.29) is 5.69 Å². The summed E-state index contributed by atoms with van der Waals surface area (Å²) in [5, 5.41) is 7.73. The van der Waals surface area contributed by atoms with Crippen molar-refractivity contribution >= 4 is 16.8 Å². The van der Waals surface area contributed by atoms with Gasteiger partial charge in [0.1, 0.15) is 6.07 Å². The molecule has 0 aliphatic carbocycles. The molecule has 1 aromatic heterocycles. The Morgan fingerprint density at radius 3 is 2.80 bits per heavy atom. The quantitative estimate of drug-likeness (QED) is 0.620. The molecule has 4 heteroatoms. The molecule has 0 fully saturated rings. The molecule has 1 N–H and O–H groups in total. The maximum Gasteiger partial charge on any atom is 0.268 e. The predicted octanol–water partition coefficient (Wildman–Crippen LogP) is 1.27. The maximum absolute atomic E-state index is 10.4. The number of halogens is 1. The van der Waals surface area contributed by atoms with Gasteiger partial charge in [-0.25, -0.2) is 0 Å². The summed E-state index contributed by atoms with van der Waals surface area (Å²) in [6.45, 7) is 0. The topological polar surface area (TPSA) is 56.6 Å². The molecule has 3 nitrogen and oxygen atoms in total. The van der Waals surface area contributed by atoms with Crippen molar-refractivity contribution in [3.05, 3.63) is 23.5 Å². The molecule has 50 valence electrons. The van der Waals surface area contributed by atoms with Gasteiger partial charge in [-0.05, 0) is 17.7 Å². The second-order valence-electron chi connectivity index (χ2n) is 1.69. The van der Waals surface area contributed by atoms with E-state index in [4.69, 9.17) is 16.9 Å². The fourth-order valence-corrected chi connectivity index (χ4v) is 0.681. The SMILES string of the molecule is N#Cc1c[nH]c(C(=O)Cl)c1. The molecule has 0 aliphatic heterocycles. The van der Waals surface area contributed by atoms with Gasteiger partial charge < -0.3 is 4.98 Å². The summed E-state index contributed by atoms with van der Waals surface area (Å²) in [5.74, 6) is 0. The van der Waals surface area contributed by atoms with Gasteiger partial charge in [-0.1, -0.05) is 0 Å². The molecule has 0 aliphatic rings. The summed E-state index contributed by atoms with van der Waals surface area (Å²) < 4.78 is 0. The Kier molecular flexibility index (Phi) is 1.74. The average molecular weight is 155 g/mol. The normalized spacial score (nSPS) is 8.80. The number of carbonyl (C=O) groups is 1. The van der Waals surface area contributed by atoms with Crippen LogP contribution in [0.15, 0.2) is 12.3 Å². The molecule has 0 saturated heterocycles. The first kappa shape index (κ1) is 6.84. The largest absolute Gasteiger partial charge is 0.356 e. The van der Waals surface area contributed by atoms with Crippen LogP contribution in [0.5, 0.6) is 0 Å². The van der Waals surface area contributed by atoms with E-state index in [1.54, 1.807) is 0 Å². The summed E-state index contributed by atoms with van der Waals surface area (Å²) >= 11 is 5.09. The Hall–Kier alpha value is -1.27. The van der Waals surface area contributed by atoms with Gasteiger partial charge in [0.2, 0.25) is 0 Å². The van der Waals surface area contributed by atoms with Crippen LogP contribution in [0.4, 0.5) is 0 Å². The third-order valence-corrected chi connectivity index (χ3v) is 1.23. The first-order valence-corrected chi connectivity index (χ1v) is 2.90. The Bertz CT molecular complexity index is 297. The number of rotatable bonds is 1. The predicted molar refractivity (Wildman–Crippen MR) is 35.7 cm³/mol. The van der Waals surface area contributed by atoms with Gasteiger partial charge in [-0.3, -0.25) is 4.79 Å². The smallest absolute Gasteiger partial charge is 0.268 e. The van der Waals surface area contributed by atoms with Crippen LogP contribution >= 0.6 is 11.6 Å². The van der Waals surface area contributed by atoms with Crippen LogP contribution in [0.3, 0.4) is 0 Å². The van der Waals surface area contributed by atoms with Crippen molar-refractivity contribution in [3.8, 4) is 6.07 Å². The van der Waals surface area contributed by atoms with Crippen molar-refractivity contribution in [1.29, 1.82) is 5.26 Å². The van der Waals surface area contributed by atoms with Crippen LogP contribution < -0.4 is 0 Å². The summed E-state index contributed by atoms with van der Waals surface area (Å²) in [4.78, 5) is 13.0. The first-order valence-electron chi connectivity index (χ1n) is 2.52. The van der Waals surface area contributed by atoms with Crippen LogP contribution in [0.1, 0.15) is 16.1 Å². The lowest BCUT2D eigenvalue weighted by Crippen LogP contribution is -1.85. The molecule has 0 amide bonds. The number of H-pyrrole nitrogens is 1. The molecule has 0 radical (unpaired) electrons. The Balaban J connectivity index is 3.02. The van der Waals surface area contributed by atoms with Crippen LogP contribution in [0.25, 0.3) is 0 Å². The van der Waals surface area contributed by atoms with Gasteiger partial charge in [-0.2, -0.15) is 5.26 Å². The molecular formula is C6H3ClN2O. The van der Waals surface area contributed by atoms with Crippen molar-refractivity contribution in [2.45, 2.75) is 0 Å². The van der Waals surface area contributed by atoms with E-state index >= 15 is 0 Å². The third-order valence-electron chi connectivity index (χ3n) is 1.02. The van der Waals surface area contributed by atoms with E-state index in [0.29, 0.717) is 5.56 Å². The van der Waals surface area contributed by atoms with Crippen molar-refractivity contribution in [2.75, 3.05) is 0 Å². The number of nitriles is 1. The third kappa shape index (κ3) is 1.17. The monoisotopic (exact) mass is 154 g/mol. The van der Waals surface area contributed by atoms with Gasteiger partial charge >= 0.3 is 0 Å². The highest BCUT2D eigenvalue weighted by atomic mass is 35.5. The standard InChI is InChI=1S/C6H3ClN2O/c7-6(10)5-1-4(2-8)3-9-5/h1,3,9H. The minimum absolute atomic E-state index is 0.248. The lowest BCUT2D eigenvalue weighted by molar-refractivity contribution is 0.107. The highest BCUT2D eigenvalue weighted by Crippen LogP contribution is 2.03. The van der Waals surface area contributed by atoms with E-state index in [1.165, 1.54) is 12.3 Å². The van der Waals surface area contributed by atoms with E-state index in [0.717, 1.165) is 0 Å². The molecule has 0 aromatic carbocycles. The van der Waals surface area contributed by atoms with Crippen molar-refractivity contribution in [2.24, 2.45) is 0 Å². The molecular weight excluding hydrogens is 152 g/mol. The van der Waals surface area contributed by atoms with Gasteiger partial charge in [0.25, 0.3) is 5.24 Å². The number of nitrogens with one attached hydrogen (secondary N) is 1. The Labute approximate surface area is 62.2 Å². The van der Waals surface area contributed by atoms with E-state index in [1.807, 2.05) is 6.07 Å². The summed E-state index contributed by atoms with van der Waals surface area (Å²) in [5.41, 5.74) is 0.655. The lowest BCUT2D eigenvalue weighted by atomic mass is 10.3. The minimum atomic E-state index is -0.582. The molecule has 1 aromatic rings. The summed E-state index contributed by atoms with van der Waals surface area (Å²) in [6.07, 6.45) is 1.43. The molecule has 10 heavy (non-hydrogen) atoms. The van der Waals surface area contributed by atoms with E-state index in [9.17, 15) is 4.79 Å². The van der Waals surface area contributed by atoms with E-state index in [2.05, 4.69) is 4.98 Å². The second kappa shape index (κ2) is 2.54. The first-order chi connectivity index (χ1) is 4.74. The highest BCUT2D eigenvalue weighted by molar-refractivity contribution is 6.67. The molecule has 0 bridgehead atoms. The number of hydrogen-bond acceptors (Lipinski definition) is 2. The van der Waals surface area contributed by atoms with Crippen LogP contribution in [0, 0.1) is 11.3 Å². The van der Waals surface area contributed by atoms with Crippen molar-refractivity contribution < 1.29 is 4.79 Å². The van der Waals surface area contributed by atoms with Gasteiger partial charge in [0, 0.05) is 6.20 Å². The fourth-order valence-electron chi connectivity index (χ4n) is 0.572. The number of hydrogen-bond donors (Lipinski definition) is 1. The van der Waals surface area contributed by atoms with Crippen LogP contribution in [-0.4, -0.2) is 10.2 Å². The lowest BCUT2D eigenvalue weighted by Gasteiger charge is -1.79. The molecule has 1 rings (SSSR count). The molecule has 0 atom stereocenters. The minimum Gasteiger partial charge on any atom is -0.356 e. The molecule has 1 heterocycles. The highest BCUT2D eigenvalue weighted by Gasteiger charge is 2.03. The second-order valence-corrected chi connectivity index (χ2v) is 2.03. The van der Waals surface area contributed by atoms with E-state index < -0.39 is 5.24 Å². The zero-order chi connectivity index (χ0) is 7.56. The maximum atomic E-state index is 10.4. The molecule has 0 saturated carbocycles. The Morgan fingerprint density at radius 1 is 1.80 bits per heavy atom. The van der Waals surface area contributed by atoms with Crippen molar-refractivity contribution in [3.63, 3.8) is 0 Å². The van der Waals surface area contributed by atoms with Gasteiger partial charge in [0.05, 0.1) is 11.3 Å². The average Bonchev–Trinajstić information content (AvgIpc) is 2.34. The summed E-state index contributed by atoms with van der Waals surface area (Å²) in [6, 6.07) is 3.26. The Morgan fingerprint density at radius 2 is 2.50 bits per heavy atom. The van der Waals surface area contributed by atoms with Crippen LogP contribution in [-0.2, 0) is 0 Å². The fraction of sp³-hybridized carbons (Fsp3) is 0. The number of carbonyl (C=O) groups excluding carboxylic acids is 1. The number of aromatic nitrogens is 1. The van der Waals surface area contributed by atoms with Crippen LogP contribution in [0.2, 0.25) is 0 Å². The number of aromatic amines is 1.